The number of sulfone groups is 1. The summed E-state index contributed by atoms with van der Waals surface area (Å²) >= 11 is 0. The SMILES string of the molecule is COc1ccc(N(C=O)C(=O)c2cc(S(=O)(=O)O)c(N)c3cccc(C)c23)cc1S(=O)(=O)CCOS(=O)(=O)O. The van der Waals surface area contributed by atoms with Gasteiger partial charge in [0.2, 0.25) is 6.41 Å². The van der Waals surface area contributed by atoms with E-state index in [1.54, 1.807) is 19.1 Å². The number of nitrogens with zero attached hydrogens (tertiary/aromatic N) is 1. The summed E-state index contributed by atoms with van der Waals surface area (Å²) < 4.78 is 98.7. The molecule has 2 amide bonds. The van der Waals surface area contributed by atoms with Crippen molar-refractivity contribution in [2.24, 2.45) is 0 Å². The second-order valence-corrected chi connectivity index (χ2v) is 12.6. The second kappa shape index (κ2) is 10.9. The van der Waals surface area contributed by atoms with Gasteiger partial charge in [-0.1, -0.05) is 18.2 Å². The molecule has 3 rings (SSSR count). The van der Waals surface area contributed by atoms with E-state index in [2.05, 4.69) is 4.18 Å². The summed E-state index contributed by atoms with van der Waals surface area (Å²) in [7, 11) is -13.0. The molecule has 39 heavy (non-hydrogen) atoms. The van der Waals surface area contributed by atoms with E-state index in [4.69, 9.17) is 15.0 Å². The van der Waals surface area contributed by atoms with Crippen LogP contribution in [0.2, 0.25) is 0 Å². The van der Waals surface area contributed by atoms with Gasteiger partial charge in [0.1, 0.15) is 15.5 Å². The van der Waals surface area contributed by atoms with Crippen molar-refractivity contribution >= 4 is 64.8 Å². The Morgan fingerprint density at radius 1 is 1.03 bits per heavy atom. The number of hydrogen-bond acceptors (Lipinski definition) is 11. The molecular formula is C22H22N2O12S3. The first-order chi connectivity index (χ1) is 18.0. The molecule has 4 N–H and O–H groups in total. The molecule has 3 aromatic carbocycles. The second-order valence-electron chi connectivity index (χ2n) is 7.99. The molecule has 0 atom stereocenters. The first-order valence-electron chi connectivity index (χ1n) is 10.6. The van der Waals surface area contributed by atoms with Crippen LogP contribution in [-0.2, 0) is 39.3 Å². The first kappa shape index (κ1) is 29.9. The topological polar surface area (TPSA) is 225 Å². The number of imide groups is 1. The van der Waals surface area contributed by atoms with E-state index < -0.39 is 58.4 Å². The van der Waals surface area contributed by atoms with Crippen LogP contribution in [0, 0.1) is 6.92 Å². The van der Waals surface area contributed by atoms with Gasteiger partial charge in [0.15, 0.2) is 9.84 Å². The van der Waals surface area contributed by atoms with Gasteiger partial charge in [-0.25, -0.2) is 17.5 Å². The molecule has 0 saturated heterocycles. The first-order valence-corrected chi connectivity index (χ1v) is 15.1. The Hall–Kier alpha value is -3.61. The quantitative estimate of drug-likeness (QED) is 0.170. The monoisotopic (exact) mass is 602 g/mol. The summed E-state index contributed by atoms with van der Waals surface area (Å²) in [6.07, 6.45) is 0.0651. The van der Waals surface area contributed by atoms with E-state index in [-0.39, 0.29) is 39.9 Å². The van der Waals surface area contributed by atoms with Gasteiger partial charge in [0.25, 0.3) is 16.0 Å². The number of methoxy groups -OCH3 is 1. The summed E-state index contributed by atoms with van der Waals surface area (Å²) in [6, 6.07) is 8.59. The molecule has 210 valence electrons. The smallest absolute Gasteiger partial charge is 0.397 e. The number of ether oxygens (including phenoxy) is 1. The van der Waals surface area contributed by atoms with Gasteiger partial charge < -0.3 is 10.5 Å². The van der Waals surface area contributed by atoms with Crippen LogP contribution in [0.4, 0.5) is 11.4 Å². The van der Waals surface area contributed by atoms with Crippen molar-refractivity contribution in [2.75, 3.05) is 30.1 Å². The van der Waals surface area contributed by atoms with E-state index in [1.165, 1.54) is 12.1 Å². The number of rotatable bonds is 10. The molecular weight excluding hydrogens is 580 g/mol. The maximum Gasteiger partial charge on any atom is 0.397 e. The van der Waals surface area contributed by atoms with Gasteiger partial charge in [0.05, 0.1) is 30.8 Å². The molecule has 0 radical (unpaired) electrons. The zero-order valence-electron chi connectivity index (χ0n) is 20.3. The third-order valence-electron chi connectivity index (χ3n) is 5.55. The molecule has 0 aliphatic carbocycles. The van der Waals surface area contributed by atoms with Crippen LogP contribution in [0.3, 0.4) is 0 Å². The van der Waals surface area contributed by atoms with E-state index in [0.29, 0.717) is 10.5 Å². The molecule has 0 saturated carbocycles. The molecule has 0 aromatic heterocycles. The van der Waals surface area contributed by atoms with Crippen molar-refractivity contribution in [1.29, 1.82) is 0 Å². The standard InChI is InChI=1S/C22H22N2O12S3/c1-13-4-3-5-15-20(13)16(11-19(21(15)23)38(29,30)31)22(26)24(12-25)14-6-7-17(35-2)18(10-14)37(27,28)9-8-36-39(32,33)34/h3-7,10-12H,8-9,23H2,1-2H3,(H,29,30,31)(H,32,33,34). The van der Waals surface area contributed by atoms with Crippen LogP contribution >= 0.6 is 0 Å². The van der Waals surface area contributed by atoms with Gasteiger partial charge >= 0.3 is 10.4 Å². The number of anilines is 2. The summed E-state index contributed by atoms with van der Waals surface area (Å²) in [4.78, 5) is 24.9. The zero-order valence-corrected chi connectivity index (χ0v) is 22.7. The highest BCUT2D eigenvalue weighted by Gasteiger charge is 2.28. The number of carbonyl (C=O) groups excluding carboxylic acids is 2. The van der Waals surface area contributed by atoms with Crippen LogP contribution in [-0.4, -0.2) is 66.1 Å². The molecule has 0 heterocycles. The molecule has 14 nitrogen and oxygen atoms in total. The number of nitrogen functional groups attached to an aromatic ring is 1. The maximum absolute atomic E-state index is 13.6. The fourth-order valence-electron chi connectivity index (χ4n) is 3.82. The predicted octanol–water partition coefficient (Wildman–Crippen LogP) is 1.38. The average molecular weight is 603 g/mol. The van der Waals surface area contributed by atoms with Crippen LogP contribution in [0.5, 0.6) is 5.75 Å². The zero-order chi connectivity index (χ0) is 29.3. The number of hydrogen-bond donors (Lipinski definition) is 3. The Bertz CT molecular complexity index is 1800. The normalized spacial score (nSPS) is 12.3. The fraction of sp³-hybridized carbons (Fsp3) is 0.182. The third kappa shape index (κ3) is 6.35. The minimum Gasteiger partial charge on any atom is -0.495 e. The van der Waals surface area contributed by atoms with Crippen molar-refractivity contribution in [3.05, 3.63) is 53.6 Å². The molecule has 0 fully saturated rings. The van der Waals surface area contributed by atoms with Crippen molar-refractivity contribution < 1.29 is 52.9 Å². The fourth-order valence-corrected chi connectivity index (χ4v) is 6.15. The van der Waals surface area contributed by atoms with Crippen LogP contribution in [0.15, 0.2) is 52.3 Å². The lowest BCUT2D eigenvalue weighted by Gasteiger charge is -2.20. The third-order valence-corrected chi connectivity index (χ3v) is 8.60. The van der Waals surface area contributed by atoms with Crippen molar-refractivity contribution in [3.63, 3.8) is 0 Å². The lowest BCUT2D eigenvalue weighted by molar-refractivity contribution is -0.106. The van der Waals surface area contributed by atoms with Gasteiger partial charge in [-0.15, -0.1) is 0 Å². The maximum atomic E-state index is 13.6. The lowest BCUT2D eigenvalue weighted by atomic mass is 9.97. The Morgan fingerprint density at radius 2 is 1.69 bits per heavy atom. The highest BCUT2D eigenvalue weighted by atomic mass is 32.3. The number of benzene rings is 3. The Labute approximate surface area is 223 Å². The largest absolute Gasteiger partial charge is 0.495 e. The number of carbonyl (C=O) groups is 2. The van der Waals surface area contributed by atoms with Crippen molar-refractivity contribution in [3.8, 4) is 5.75 Å². The molecule has 17 heteroatoms. The Morgan fingerprint density at radius 3 is 2.26 bits per heavy atom. The van der Waals surface area contributed by atoms with Crippen LogP contribution in [0.1, 0.15) is 15.9 Å². The van der Waals surface area contributed by atoms with Crippen molar-refractivity contribution in [1.82, 2.24) is 0 Å². The van der Waals surface area contributed by atoms with Gasteiger partial charge in [-0.05, 0) is 42.1 Å². The van der Waals surface area contributed by atoms with Gasteiger partial charge in [0, 0.05) is 10.9 Å². The molecule has 0 bridgehead atoms. The van der Waals surface area contributed by atoms with E-state index >= 15 is 0 Å². The molecule has 3 aromatic rings. The number of amides is 2. The Kier molecular flexibility index (Phi) is 8.34. The molecule has 0 unspecified atom stereocenters. The minimum absolute atomic E-state index is 0.0651. The lowest BCUT2D eigenvalue weighted by Crippen LogP contribution is -2.30. The van der Waals surface area contributed by atoms with Gasteiger partial charge in [-0.3, -0.25) is 18.7 Å². The molecule has 0 aliphatic heterocycles. The van der Waals surface area contributed by atoms with E-state index in [1.807, 2.05) is 0 Å². The van der Waals surface area contributed by atoms with Crippen LogP contribution < -0.4 is 15.4 Å². The summed E-state index contributed by atoms with van der Waals surface area (Å²) in [6.45, 7) is 0.656. The highest BCUT2D eigenvalue weighted by molar-refractivity contribution is 7.91. The molecule has 0 spiro atoms. The van der Waals surface area contributed by atoms with E-state index in [9.17, 15) is 39.4 Å². The summed E-state index contributed by atoms with van der Waals surface area (Å²) in [5, 5.41) is 0.291. The predicted molar refractivity (Wildman–Crippen MR) is 138 cm³/mol. The average Bonchev–Trinajstić information content (AvgIpc) is 2.83. The number of fused-ring (bicyclic) bond motifs is 1. The number of aryl methyl sites for hydroxylation is 1. The minimum atomic E-state index is -4.92. The van der Waals surface area contributed by atoms with Crippen molar-refractivity contribution in [2.45, 2.75) is 16.7 Å². The molecule has 0 aliphatic rings. The summed E-state index contributed by atoms with van der Waals surface area (Å²) in [5.74, 6) is -2.23. The van der Waals surface area contributed by atoms with Crippen LogP contribution in [0.25, 0.3) is 10.8 Å². The Balaban J connectivity index is 2.18. The summed E-state index contributed by atoms with van der Waals surface area (Å²) in [5.41, 5.74) is 5.49. The number of nitrogens with two attached hydrogens (primary N) is 1. The van der Waals surface area contributed by atoms with E-state index in [0.717, 1.165) is 25.3 Å². The highest BCUT2D eigenvalue weighted by Crippen LogP contribution is 2.35. The van der Waals surface area contributed by atoms with Gasteiger partial charge in [-0.2, -0.15) is 16.8 Å².